The molecule has 1 aromatic carbocycles. The van der Waals surface area contributed by atoms with Crippen molar-refractivity contribution in [1.82, 2.24) is 14.5 Å². The molecule has 112 valence electrons. The van der Waals surface area contributed by atoms with Crippen LogP contribution in [0.2, 0.25) is 0 Å². The van der Waals surface area contributed by atoms with Gasteiger partial charge in [0.15, 0.2) is 5.82 Å². The van der Waals surface area contributed by atoms with Crippen LogP contribution in [0.1, 0.15) is 19.7 Å². The summed E-state index contributed by atoms with van der Waals surface area (Å²) >= 11 is 0. The molecule has 5 heteroatoms. The molecule has 22 heavy (non-hydrogen) atoms. The SMILES string of the molecule is Cn1c(=O)cc(NC(C)(C)c2ncccn2)c2ccccc21. The van der Waals surface area contributed by atoms with Gasteiger partial charge < -0.3 is 9.88 Å². The number of hydrogen-bond acceptors (Lipinski definition) is 4. The van der Waals surface area contributed by atoms with E-state index in [1.54, 1.807) is 36.1 Å². The van der Waals surface area contributed by atoms with Crippen molar-refractivity contribution in [3.63, 3.8) is 0 Å². The largest absolute Gasteiger partial charge is 0.372 e. The Morgan fingerprint density at radius 3 is 2.50 bits per heavy atom. The fourth-order valence-electron chi connectivity index (χ4n) is 2.53. The molecule has 0 bridgehead atoms. The third kappa shape index (κ3) is 2.45. The second-order valence-corrected chi connectivity index (χ2v) is 5.79. The Labute approximate surface area is 128 Å². The van der Waals surface area contributed by atoms with Crippen LogP contribution >= 0.6 is 0 Å². The second-order valence-electron chi connectivity index (χ2n) is 5.79. The van der Waals surface area contributed by atoms with Crippen molar-refractivity contribution < 1.29 is 0 Å². The highest BCUT2D eigenvalue weighted by Crippen LogP contribution is 2.27. The lowest BCUT2D eigenvalue weighted by Crippen LogP contribution is -2.31. The van der Waals surface area contributed by atoms with Gasteiger partial charge in [-0.2, -0.15) is 0 Å². The minimum absolute atomic E-state index is 0.0500. The number of anilines is 1. The lowest BCUT2D eigenvalue weighted by Gasteiger charge is -2.26. The third-order valence-electron chi connectivity index (χ3n) is 3.73. The van der Waals surface area contributed by atoms with Crippen LogP contribution in [0.4, 0.5) is 5.69 Å². The normalized spacial score (nSPS) is 11.6. The summed E-state index contributed by atoms with van der Waals surface area (Å²) in [6, 6.07) is 11.2. The number of rotatable bonds is 3. The van der Waals surface area contributed by atoms with Gasteiger partial charge in [0.25, 0.3) is 5.56 Å². The Bertz CT molecular complexity index is 869. The van der Waals surface area contributed by atoms with E-state index in [9.17, 15) is 4.79 Å². The number of nitrogens with one attached hydrogen (secondary N) is 1. The van der Waals surface area contributed by atoms with Gasteiger partial charge in [-0.1, -0.05) is 18.2 Å². The minimum atomic E-state index is -0.490. The van der Waals surface area contributed by atoms with E-state index in [0.29, 0.717) is 5.82 Å². The zero-order chi connectivity index (χ0) is 15.7. The zero-order valence-electron chi connectivity index (χ0n) is 12.9. The van der Waals surface area contributed by atoms with E-state index in [0.717, 1.165) is 16.6 Å². The summed E-state index contributed by atoms with van der Waals surface area (Å²) in [7, 11) is 1.78. The van der Waals surface area contributed by atoms with E-state index in [4.69, 9.17) is 0 Å². The maximum atomic E-state index is 12.2. The van der Waals surface area contributed by atoms with Gasteiger partial charge >= 0.3 is 0 Å². The summed E-state index contributed by atoms with van der Waals surface area (Å²) in [5.74, 6) is 0.680. The minimum Gasteiger partial charge on any atom is -0.372 e. The van der Waals surface area contributed by atoms with Gasteiger partial charge in [-0.25, -0.2) is 9.97 Å². The smallest absolute Gasteiger partial charge is 0.252 e. The van der Waals surface area contributed by atoms with Crippen LogP contribution in [-0.2, 0) is 12.6 Å². The molecule has 0 saturated carbocycles. The number of hydrogen-bond donors (Lipinski definition) is 1. The van der Waals surface area contributed by atoms with Crippen molar-refractivity contribution in [3.05, 3.63) is 65.0 Å². The van der Waals surface area contributed by atoms with Gasteiger partial charge in [-0.15, -0.1) is 0 Å². The van der Waals surface area contributed by atoms with E-state index in [-0.39, 0.29) is 5.56 Å². The van der Waals surface area contributed by atoms with Crippen LogP contribution in [0.15, 0.2) is 53.6 Å². The van der Waals surface area contributed by atoms with E-state index in [2.05, 4.69) is 15.3 Å². The first-order valence-corrected chi connectivity index (χ1v) is 7.13. The average Bonchev–Trinajstić information content (AvgIpc) is 2.53. The molecule has 5 nitrogen and oxygen atoms in total. The molecule has 0 aliphatic rings. The maximum absolute atomic E-state index is 12.2. The molecule has 2 heterocycles. The molecule has 0 radical (unpaired) electrons. The van der Waals surface area contributed by atoms with Crippen molar-refractivity contribution in [2.24, 2.45) is 7.05 Å². The highest BCUT2D eigenvalue weighted by Gasteiger charge is 2.24. The lowest BCUT2D eigenvalue weighted by molar-refractivity contribution is 0.563. The van der Waals surface area contributed by atoms with Gasteiger partial charge in [-0.05, 0) is 26.0 Å². The Morgan fingerprint density at radius 1 is 1.09 bits per heavy atom. The predicted octanol–water partition coefficient (Wildman–Crippen LogP) is 2.68. The van der Waals surface area contributed by atoms with Gasteiger partial charge in [0, 0.05) is 36.6 Å². The quantitative estimate of drug-likeness (QED) is 0.807. The molecule has 0 amide bonds. The fourth-order valence-corrected chi connectivity index (χ4v) is 2.53. The first-order valence-electron chi connectivity index (χ1n) is 7.13. The molecular weight excluding hydrogens is 276 g/mol. The first kappa shape index (κ1) is 14.3. The van der Waals surface area contributed by atoms with Crippen molar-refractivity contribution in [1.29, 1.82) is 0 Å². The molecule has 0 spiro atoms. The van der Waals surface area contributed by atoms with E-state index in [1.807, 2.05) is 38.1 Å². The molecule has 0 atom stereocenters. The lowest BCUT2D eigenvalue weighted by atomic mass is 10.0. The molecule has 0 unspecified atom stereocenters. The van der Waals surface area contributed by atoms with E-state index >= 15 is 0 Å². The summed E-state index contributed by atoms with van der Waals surface area (Å²) in [4.78, 5) is 20.8. The number of benzene rings is 1. The Hall–Kier alpha value is -2.69. The number of nitrogens with zero attached hydrogens (tertiary/aromatic N) is 3. The standard InChI is InChI=1S/C17H18N4O/c1-17(2,16-18-9-6-10-19-16)20-13-11-15(22)21(3)14-8-5-4-7-12(13)14/h4-11,20H,1-3H3. The van der Waals surface area contributed by atoms with Crippen molar-refractivity contribution >= 4 is 16.6 Å². The highest BCUT2D eigenvalue weighted by atomic mass is 16.1. The molecule has 0 aliphatic carbocycles. The summed E-state index contributed by atoms with van der Waals surface area (Å²) in [6.07, 6.45) is 3.43. The van der Waals surface area contributed by atoms with E-state index in [1.165, 1.54) is 0 Å². The third-order valence-corrected chi connectivity index (χ3v) is 3.73. The molecule has 0 saturated heterocycles. The Balaban J connectivity index is 2.12. The van der Waals surface area contributed by atoms with Crippen molar-refractivity contribution in [2.75, 3.05) is 5.32 Å². The zero-order valence-corrected chi connectivity index (χ0v) is 12.9. The van der Waals surface area contributed by atoms with Gasteiger partial charge in [-0.3, -0.25) is 4.79 Å². The molecule has 0 aliphatic heterocycles. The molecule has 1 N–H and O–H groups in total. The van der Waals surface area contributed by atoms with Gasteiger partial charge in [0.05, 0.1) is 11.1 Å². The summed E-state index contributed by atoms with van der Waals surface area (Å²) < 4.78 is 1.65. The monoisotopic (exact) mass is 294 g/mol. The maximum Gasteiger partial charge on any atom is 0.252 e. The number of fused-ring (bicyclic) bond motifs is 1. The Kier molecular flexibility index (Phi) is 3.41. The first-order chi connectivity index (χ1) is 10.5. The topological polar surface area (TPSA) is 59.8 Å². The van der Waals surface area contributed by atoms with Crippen LogP contribution in [0.25, 0.3) is 10.9 Å². The molecule has 0 fully saturated rings. The number of aromatic nitrogens is 3. The molecule has 3 aromatic rings. The highest BCUT2D eigenvalue weighted by molar-refractivity contribution is 5.91. The van der Waals surface area contributed by atoms with Gasteiger partial charge in [0.2, 0.25) is 0 Å². The molecule has 3 rings (SSSR count). The van der Waals surface area contributed by atoms with Gasteiger partial charge in [0.1, 0.15) is 0 Å². The van der Waals surface area contributed by atoms with Crippen LogP contribution in [0, 0.1) is 0 Å². The number of para-hydroxylation sites is 1. The number of pyridine rings is 1. The van der Waals surface area contributed by atoms with Crippen LogP contribution < -0.4 is 10.9 Å². The number of aryl methyl sites for hydroxylation is 1. The summed E-state index contributed by atoms with van der Waals surface area (Å²) in [5, 5.41) is 4.40. The molecular formula is C17H18N4O. The van der Waals surface area contributed by atoms with E-state index < -0.39 is 5.54 Å². The summed E-state index contributed by atoms with van der Waals surface area (Å²) in [5.41, 5.74) is 1.14. The second kappa shape index (κ2) is 5.26. The van der Waals surface area contributed by atoms with Crippen molar-refractivity contribution in [2.45, 2.75) is 19.4 Å². The average molecular weight is 294 g/mol. The Morgan fingerprint density at radius 2 is 1.77 bits per heavy atom. The molecule has 2 aromatic heterocycles. The summed E-state index contributed by atoms with van der Waals surface area (Å²) in [6.45, 7) is 3.99. The van der Waals surface area contributed by atoms with Crippen molar-refractivity contribution in [3.8, 4) is 0 Å². The van der Waals surface area contributed by atoms with Crippen LogP contribution in [-0.4, -0.2) is 14.5 Å². The van der Waals surface area contributed by atoms with Crippen LogP contribution in [0.3, 0.4) is 0 Å². The fraction of sp³-hybridized carbons (Fsp3) is 0.235. The predicted molar refractivity (Wildman–Crippen MR) is 87.9 cm³/mol. The van der Waals surface area contributed by atoms with Crippen LogP contribution in [0.5, 0.6) is 0 Å².